The van der Waals surface area contributed by atoms with Gasteiger partial charge in [0.1, 0.15) is 0 Å². The first-order chi connectivity index (χ1) is 8.16. The number of anilines is 1. The fourth-order valence-corrected chi connectivity index (χ4v) is 2.26. The fraction of sp³-hybridized carbons (Fsp3) is 0.600. The van der Waals surface area contributed by atoms with E-state index in [1.54, 1.807) is 0 Å². The fourth-order valence-electron chi connectivity index (χ4n) is 2.26. The average molecular weight is 234 g/mol. The van der Waals surface area contributed by atoms with Crippen molar-refractivity contribution in [2.45, 2.75) is 33.7 Å². The molecular weight excluding hydrogens is 208 g/mol. The van der Waals surface area contributed by atoms with E-state index in [-0.39, 0.29) is 0 Å². The molecule has 0 aliphatic carbocycles. The highest BCUT2D eigenvalue weighted by molar-refractivity contribution is 5.48. The van der Waals surface area contributed by atoms with Crippen LogP contribution in [0.2, 0.25) is 0 Å². The maximum atomic E-state index is 2.50. The topological polar surface area (TPSA) is 6.48 Å². The number of benzene rings is 1. The molecule has 2 nitrogen and oxygen atoms in total. The Hall–Kier alpha value is -1.02. The molecule has 17 heavy (non-hydrogen) atoms. The molecule has 0 aromatic heterocycles. The second-order valence-electron chi connectivity index (χ2n) is 4.64. The average Bonchev–Trinajstić information content (AvgIpc) is 2.33. The zero-order valence-corrected chi connectivity index (χ0v) is 11.9. The highest BCUT2D eigenvalue weighted by Gasteiger charge is 2.21. The predicted octanol–water partition coefficient (Wildman–Crippen LogP) is 3.16. The Bertz CT molecular complexity index is 318. The minimum atomic E-state index is 0.617. The molecule has 1 saturated heterocycles. The van der Waals surface area contributed by atoms with Crippen LogP contribution in [-0.4, -0.2) is 37.6 Å². The smallest absolute Gasteiger partial charge is 0.0389 e. The normalized spacial score (nSPS) is 20.8. The molecule has 0 bridgehead atoms. The molecule has 0 saturated carbocycles. The summed E-state index contributed by atoms with van der Waals surface area (Å²) in [6, 6.07) is 9.47. The van der Waals surface area contributed by atoms with Crippen molar-refractivity contribution in [3.8, 4) is 0 Å². The highest BCUT2D eigenvalue weighted by Crippen LogP contribution is 2.20. The highest BCUT2D eigenvalue weighted by atomic mass is 15.3. The molecule has 1 aromatic rings. The van der Waals surface area contributed by atoms with Crippen LogP contribution in [0.15, 0.2) is 24.3 Å². The van der Waals surface area contributed by atoms with Crippen LogP contribution < -0.4 is 4.90 Å². The molecule has 1 aromatic carbocycles. The van der Waals surface area contributed by atoms with Gasteiger partial charge < -0.3 is 9.80 Å². The SMILES string of the molecule is CC.Cc1ccc(N2CCN(C)CC2C)cc1. The number of hydrogen-bond donors (Lipinski definition) is 0. The van der Waals surface area contributed by atoms with E-state index in [0.717, 1.165) is 19.6 Å². The second-order valence-corrected chi connectivity index (χ2v) is 4.64. The van der Waals surface area contributed by atoms with E-state index in [2.05, 4.69) is 55.0 Å². The molecule has 1 atom stereocenters. The van der Waals surface area contributed by atoms with Crippen molar-refractivity contribution in [1.82, 2.24) is 4.90 Å². The van der Waals surface area contributed by atoms with Gasteiger partial charge in [-0.25, -0.2) is 0 Å². The largest absolute Gasteiger partial charge is 0.366 e. The van der Waals surface area contributed by atoms with Gasteiger partial charge in [-0.2, -0.15) is 0 Å². The summed E-state index contributed by atoms with van der Waals surface area (Å²) in [6.45, 7) is 11.9. The summed E-state index contributed by atoms with van der Waals surface area (Å²) < 4.78 is 0. The number of nitrogens with zero attached hydrogens (tertiary/aromatic N) is 2. The number of aryl methyl sites for hydroxylation is 1. The van der Waals surface area contributed by atoms with Gasteiger partial charge in [-0.3, -0.25) is 0 Å². The van der Waals surface area contributed by atoms with Crippen molar-refractivity contribution in [2.75, 3.05) is 31.6 Å². The van der Waals surface area contributed by atoms with Crippen molar-refractivity contribution in [3.63, 3.8) is 0 Å². The second kappa shape index (κ2) is 6.65. The van der Waals surface area contributed by atoms with Gasteiger partial charge in [-0.05, 0) is 33.0 Å². The number of rotatable bonds is 1. The molecule has 1 heterocycles. The van der Waals surface area contributed by atoms with Crippen LogP contribution in [0.5, 0.6) is 0 Å². The van der Waals surface area contributed by atoms with Gasteiger partial charge >= 0.3 is 0 Å². The van der Waals surface area contributed by atoms with Crippen LogP contribution in [-0.2, 0) is 0 Å². The van der Waals surface area contributed by atoms with Crippen LogP contribution in [0.1, 0.15) is 26.3 Å². The lowest BCUT2D eigenvalue weighted by molar-refractivity contribution is 0.275. The first-order valence-corrected chi connectivity index (χ1v) is 6.68. The first kappa shape index (κ1) is 14.0. The van der Waals surface area contributed by atoms with Gasteiger partial charge in [0.25, 0.3) is 0 Å². The van der Waals surface area contributed by atoms with Crippen molar-refractivity contribution < 1.29 is 0 Å². The Labute approximate surface area is 106 Å². The lowest BCUT2D eigenvalue weighted by Gasteiger charge is -2.39. The molecule has 2 heteroatoms. The Kier molecular flexibility index (Phi) is 5.49. The van der Waals surface area contributed by atoms with E-state index in [0.29, 0.717) is 6.04 Å². The molecule has 1 aliphatic heterocycles. The van der Waals surface area contributed by atoms with Crippen molar-refractivity contribution in [2.24, 2.45) is 0 Å². The minimum absolute atomic E-state index is 0.617. The van der Waals surface area contributed by atoms with E-state index < -0.39 is 0 Å². The van der Waals surface area contributed by atoms with Crippen LogP contribution in [0.4, 0.5) is 5.69 Å². The van der Waals surface area contributed by atoms with E-state index in [1.165, 1.54) is 11.3 Å². The molecular formula is C15H26N2. The molecule has 0 spiro atoms. The maximum Gasteiger partial charge on any atom is 0.0389 e. The summed E-state index contributed by atoms with van der Waals surface area (Å²) in [5.74, 6) is 0. The zero-order valence-electron chi connectivity index (χ0n) is 11.9. The van der Waals surface area contributed by atoms with Crippen LogP contribution in [0, 0.1) is 6.92 Å². The molecule has 1 aliphatic rings. The molecule has 0 N–H and O–H groups in total. The molecule has 0 amide bonds. The van der Waals surface area contributed by atoms with E-state index in [4.69, 9.17) is 0 Å². The van der Waals surface area contributed by atoms with Crippen molar-refractivity contribution >= 4 is 5.69 Å². The third-order valence-corrected chi connectivity index (χ3v) is 3.20. The van der Waals surface area contributed by atoms with Gasteiger partial charge in [0.05, 0.1) is 0 Å². The minimum Gasteiger partial charge on any atom is -0.366 e. The summed E-state index contributed by atoms with van der Waals surface area (Å²) in [5, 5.41) is 0. The Morgan fingerprint density at radius 3 is 2.18 bits per heavy atom. The summed E-state index contributed by atoms with van der Waals surface area (Å²) in [7, 11) is 2.20. The van der Waals surface area contributed by atoms with Crippen LogP contribution in [0.25, 0.3) is 0 Å². The summed E-state index contributed by atoms with van der Waals surface area (Å²) in [4.78, 5) is 4.90. The lowest BCUT2D eigenvalue weighted by Crippen LogP contribution is -2.50. The van der Waals surface area contributed by atoms with Crippen LogP contribution in [0.3, 0.4) is 0 Å². The van der Waals surface area contributed by atoms with Gasteiger partial charge in [-0.15, -0.1) is 0 Å². The lowest BCUT2D eigenvalue weighted by atomic mass is 10.1. The molecule has 96 valence electrons. The van der Waals surface area contributed by atoms with Crippen molar-refractivity contribution in [3.05, 3.63) is 29.8 Å². The van der Waals surface area contributed by atoms with E-state index >= 15 is 0 Å². The van der Waals surface area contributed by atoms with Gasteiger partial charge in [0.2, 0.25) is 0 Å². The summed E-state index contributed by atoms with van der Waals surface area (Å²) in [6.07, 6.45) is 0. The van der Waals surface area contributed by atoms with E-state index in [1.807, 2.05) is 13.8 Å². The third kappa shape index (κ3) is 3.74. The number of piperazine rings is 1. The number of likely N-dealkylation sites (N-methyl/N-ethyl adjacent to an activating group) is 1. The third-order valence-electron chi connectivity index (χ3n) is 3.20. The molecule has 1 fully saturated rings. The van der Waals surface area contributed by atoms with Crippen molar-refractivity contribution in [1.29, 1.82) is 0 Å². The van der Waals surface area contributed by atoms with Gasteiger partial charge in [0, 0.05) is 31.4 Å². The van der Waals surface area contributed by atoms with Crippen LogP contribution >= 0.6 is 0 Å². The monoisotopic (exact) mass is 234 g/mol. The Morgan fingerprint density at radius 2 is 1.65 bits per heavy atom. The maximum absolute atomic E-state index is 2.50. The Balaban J connectivity index is 0.000000686. The first-order valence-electron chi connectivity index (χ1n) is 6.68. The quantitative estimate of drug-likeness (QED) is 0.736. The standard InChI is InChI=1S/C13H20N2.C2H6/c1-11-4-6-13(7-5-11)15-9-8-14(3)10-12(15)2;1-2/h4-7,12H,8-10H2,1-3H3;1-2H3. The van der Waals surface area contributed by atoms with Gasteiger partial charge in [-0.1, -0.05) is 31.5 Å². The number of hydrogen-bond acceptors (Lipinski definition) is 2. The summed E-state index contributed by atoms with van der Waals surface area (Å²) in [5.41, 5.74) is 2.70. The molecule has 1 unspecified atom stereocenters. The molecule has 0 radical (unpaired) electrons. The van der Waals surface area contributed by atoms with E-state index in [9.17, 15) is 0 Å². The predicted molar refractivity (Wildman–Crippen MR) is 76.8 cm³/mol. The van der Waals surface area contributed by atoms with Gasteiger partial charge in [0.15, 0.2) is 0 Å². The molecule has 2 rings (SSSR count). The zero-order chi connectivity index (χ0) is 12.8. The Morgan fingerprint density at radius 1 is 1.06 bits per heavy atom. The summed E-state index contributed by atoms with van der Waals surface area (Å²) >= 11 is 0.